The van der Waals surface area contributed by atoms with Gasteiger partial charge in [0.25, 0.3) is 5.91 Å². The first-order chi connectivity index (χ1) is 8.49. The molecule has 1 aromatic rings. The molecule has 0 spiro atoms. The van der Waals surface area contributed by atoms with Gasteiger partial charge >= 0.3 is 5.69 Å². The van der Waals surface area contributed by atoms with Crippen LogP contribution in [0.3, 0.4) is 0 Å². The summed E-state index contributed by atoms with van der Waals surface area (Å²) in [5.74, 6) is 0.364. The molecular formula is C12H14N2O4. The molecule has 0 heterocycles. The van der Waals surface area contributed by atoms with Gasteiger partial charge < -0.3 is 10.4 Å². The van der Waals surface area contributed by atoms with Crippen molar-refractivity contribution in [2.75, 3.05) is 6.54 Å². The molecule has 0 saturated heterocycles. The van der Waals surface area contributed by atoms with E-state index in [1.165, 1.54) is 6.07 Å². The molecule has 1 amide bonds. The van der Waals surface area contributed by atoms with Crippen molar-refractivity contribution >= 4 is 11.6 Å². The summed E-state index contributed by atoms with van der Waals surface area (Å²) in [7, 11) is 0. The van der Waals surface area contributed by atoms with E-state index in [0.29, 0.717) is 18.4 Å². The third-order valence-corrected chi connectivity index (χ3v) is 3.24. The summed E-state index contributed by atoms with van der Waals surface area (Å²) in [5, 5.41) is 22.7. The lowest BCUT2D eigenvalue weighted by Crippen LogP contribution is -2.25. The van der Waals surface area contributed by atoms with Gasteiger partial charge in [-0.25, -0.2) is 0 Å². The molecule has 1 aliphatic rings. The number of hydrogen-bond donors (Lipinski definition) is 2. The van der Waals surface area contributed by atoms with Crippen molar-refractivity contribution in [3.05, 3.63) is 33.9 Å². The van der Waals surface area contributed by atoms with Crippen molar-refractivity contribution in [1.82, 2.24) is 5.32 Å². The topological polar surface area (TPSA) is 92.5 Å². The summed E-state index contributed by atoms with van der Waals surface area (Å²) in [5.41, 5.74) is -0.172. The summed E-state index contributed by atoms with van der Waals surface area (Å²) in [4.78, 5) is 21.5. The van der Waals surface area contributed by atoms with E-state index in [2.05, 4.69) is 12.2 Å². The number of hydrogen-bond acceptors (Lipinski definition) is 4. The van der Waals surface area contributed by atoms with Crippen molar-refractivity contribution in [3.63, 3.8) is 0 Å². The van der Waals surface area contributed by atoms with Crippen LogP contribution in [-0.2, 0) is 0 Å². The Bertz CT molecular complexity index is 501. The molecule has 6 heteroatoms. The van der Waals surface area contributed by atoms with E-state index in [4.69, 9.17) is 0 Å². The minimum Gasteiger partial charge on any atom is -0.502 e. The second-order valence-corrected chi connectivity index (χ2v) is 4.64. The number of nitrogens with zero attached hydrogens (tertiary/aromatic N) is 1. The van der Waals surface area contributed by atoms with E-state index >= 15 is 0 Å². The van der Waals surface area contributed by atoms with Crippen LogP contribution >= 0.6 is 0 Å². The van der Waals surface area contributed by atoms with Gasteiger partial charge in [0.15, 0.2) is 5.75 Å². The number of rotatable bonds is 4. The molecule has 6 nitrogen and oxygen atoms in total. The monoisotopic (exact) mass is 250 g/mol. The second kappa shape index (κ2) is 4.64. The zero-order valence-corrected chi connectivity index (χ0v) is 9.92. The number of nitro benzene ring substituents is 1. The smallest absolute Gasteiger partial charge is 0.310 e. The minimum atomic E-state index is -0.692. The van der Waals surface area contributed by atoms with Crippen LogP contribution in [0.2, 0.25) is 0 Å². The van der Waals surface area contributed by atoms with E-state index < -0.39 is 16.4 Å². The van der Waals surface area contributed by atoms with Gasteiger partial charge in [0.2, 0.25) is 0 Å². The summed E-state index contributed by atoms with van der Waals surface area (Å²) >= 11 is 0. The fourth-order valence-electron chi connectivity index (χ4n) is 1.83. The van der Waals surface area contributed by atoms with Crippen molar-refractivity contribution < 1.29 is 14.8 Å². The molecular weight excluding hydrogens is 236 g/mol. The molecule has 1 aliphatic carbocycles. The van der Waals surface area contributed by atoms with Crippen LogP contribution in [0.4, 0.5) is 5.69 Å². The number of carbonyl (C=O) groups is 1. The number of amides is 1. The number of aromatic hydroxyl groups is 1. The molecule has 0 aliphatic heterocycles. The molecule has 2 rings (SSSR count). The molecule has 2 atom stereocenters. The van der Waals surface area contributed by atoms with Crippen LogP contribution in [-0.4, -0.2) is 22.5 Å². The fourth-order valence-corrected chi connectivity index (χ4v) is 1.83. The molecule has 0 aromatic heterocycles. The van der Waals surface area contributed by atoms with Gasteiger partial charge in [-0.1, -0.05) is 6.92 Å². The number of carbonyl (C=O) groups excluding carboxylic acids is 1. The van der Waals surface area contributed by atoms with E-state index in [9.17, 15) is 20.0 Å². The predicted molar refractivity (Wildman–Crippen MR) is 64.4 cm³/mol. The predicted octanol–water partition coefficient (Wildman–Crippen LogP) is 1.69. The van der Waals surface area contributed by atoms with Gasteiger partial charge in [0, 0.05) is 18.2 Å². The molecule has 0 bridgehead atoms. The van der Waals surface area contributed by atoms with Crippen LogP contribution < -0.4 is 5.32 Å². The maximum absolute atomic E-state index is 11.7. The van der Waals surface area contributed by atoms with E-state index in [1.807, 2.05) is 0 Å². The molecule has 0 radical (unpaired) electrons. The Morgan fingerprint density at radius 3 is 2.78 bits per heavy atom. The SMILES string of the molecule is CC1CC1CNC(=O)c1ccc([N+](=O)[O-])c(O)c1. The Hall–Kier alpha value is -2.11. The van der Waals surface area contributed by atoms with Crippen molar-refractivity contribution in [3.8, 4) is 5.75 Å². The van der Waals surface area contributed by atoms with Crippen LogP contribution in [0, 0.1) is 22.0 Å². The number of nitro groups is 1. The summed E-state index contributed by atoms with van der Waals surface area (Å²) in [6, 6.07) is 3.58. The first-order valence-corrected chi connectivity index (χ1v) is 5.74. The fraction of sp³-hybridized carbons (Fsp3) is 0.417. The maximum atomic E-state index is 11.7. The first-order valence-electron chi connectivity index (χ1n) is 5.74. The highest BCUT2D eigenvalue weighted by Crippen LogP contribution is 2.36. The van der Waals surface area contributed by atoms with Crippen molar-refractivity contribution in [2.45, 2.75) is 13.3 Å². The lowest BCUT2D eigenvalue weighted by atomic mass is 10.1. The van der Waals surface area contributed by atoms with Crippen LogP contribution in [0.25, 0.3) is 0 Å². The van der Waals surface area contributed by atoms with Gasteiger partial charge in [-0.05, 0) is 30.4 Å². The number of phenols is 1. The van der Waals surface area contributed by atoms with Crippen molar-refractivity contribution in [2.24, 2.45) is 11.8 Å². The first kappa shape index (κ1) is 12.3. The summed E-state index contributed by atoms with van der Waals surface area (Å²) < 4.78 is 0. The Balaban J connectivity index is 2.01. The Morgan fingerprint density at radius 1 is 1.61 bits per heavy atom. The van der Waals surface area contributed by atoms with Gasteiger partial charge in [0.1, 0.15) is 0 Å². The molecule has 18 heavy (non-hydrogen) atoms. The Labute approximate surface area is 104 Å². The zero-order valence-electron chi connectivity index (χ0n) is 9.92. The Morgan fingerprint density at radius 2 is 2.28 bits per heavy atom. The highest BCUT2D eigenvalue weighted by molar-refractivity contribution is 5.95. The van der Waals surface area contributed by atoms with Crippen LogP contribution in [0.15, 0.2) is 18.2 Å². The van der Waals surface area contributed by atoms with Gasteiger partial charge in [-0.2, -0.15) is 0 Å². The van der Waals surface area contributed by atoms with Gasteiger partial charge in [-0.15, -0.1) is 0 Å². The third kappa shape index (κ3) is 2.58. The molecule has 1 saturated carbocycles. The maximum Gasteiger partial charge on any atom is 0.310 e. The van der Waals surface area contributed by atoms with Crippen LogP contribution in [0.1, 0.15) is 23.7 Å². The van der Waals surface area contributed by atoms with Gasteiger partial charge in [-0.3, -0.25) is 14.9 Å². The molecule has 96 valence electrons. The van der Waals surface area contributed by atoms with E-state index in [1.54, 1.807) is 0 Å². The zero-order chi connectivity index (χ0) is 13.3. The second-order valence-electron chi connectivity index (χ2n) is 4.64. The van der Waals surface area contributed by atoms with Gasteiger partial charge in [0.05, 0.1) is 4.92 Å². The number of benzene rings is 1. The molecule has 2 N–H and O–H groups in total. The number of phenolic OH excluding ortho intramolecular Hbond substituents is 1. The number of nitrogens with one attached hydrogen (secondary N) is 1. The van der Waals surface area contributed by atoms with Crippen LogP contribution in [0.5, 0.6) is 5.75 Å². The molecule has 1 fully saturated rings. The largest absolute Gasteiger partial charge is 0.502 e. The quantitative estimate of drug-likeness (QED) is 0.628. The summed E-state index contributed by atoms with van der Waals surface area (Å²) in [6.07, 6.45) is 1.12. The van der Waals surface area contributed by atoms with E-state index in [-0.39, 0.29) is 11.5 Å². The lowest BCUT2D eigenvalue weighted by Gasteiger charge is -2.05. The van der Waals surface area contributed by atoms with Crippen molar-refractivity contribution in [1.29, 1.82) is 0 Å². The lowest BCUT2D eigenvalue weighted by molar-refractivity contribution is -0.385. The molecule has 1 aromatic carbocycles. The highest BCUT2D eigenvalue weighted by Gasteiger charge is 2.32. The third-order valence-electron chi connectivity index (χ3n) is 3.24. The molecule has 2 unspecified atom stereocenters. The van der Waals surface area contributed by atoms with E-state index in [0.717, 1.165) is 18.6 Å². The standard InChI is InChI=1S/C12H14N2O4/c1-7-4-9(7)6-13-12(16)8-2-3-10(14(17)18)11(15)5-8/h2-3,5,7,9,15H,4,6H2,1H3,(H,13,16). The Kier molecular flexibility index (Phi) is 3.18. The normalized spacial score (nSPS) is 21.4. The average molecular weight is 250 g/mol. The summed E-state index contributed by atoms with van der Waals surface area (Å²) in [6.45, 7) is 2.73. The average Bonchev–Trinajstić information content (AvgIpc) is 3.01. The highest BCUT2D eigenvalue weighted by atomic mass is 16.6. The minimum absolute atomic E-state index is 0.228.